The van der Waals surface area contributed by atoms with Crippen LogP contribution in [-0.2, 0) is 22.6 Å². The fourth-order valence-electron chi connectivity index (χ4n) is 5.85. The summed E-state index contributed by atoms with van der Waals surface area (Å²) >= 11 is 0. The van der Waals surface area contributed by atoms with Crippen LogP contribution in [0.2, 0.25) is 0 Å². The van der Waals surface area contributed by atoms with Crippen molar-refractivity contribution in [1.82, 2.24) is 5.32 Å². The van der Waals surface area contributed by atoms with E-state index in [2.05, 4.69) is 5.32 Å². The number of nitrogens with two attached hydrogens (primary N) is 1. The summed E-state index contributed by atoms with van der Waals surface area (Å²) in [6.45, 7) is 2.18. The minimum absolute atomic E-state index is 0.0257. The summed E-state index contributed by atoms with van der Waals surface area (Å²) in [5, 5.41) is 24.8. The van der Waals surface area contributed by atoms with Crippen molar-refractivity contribution in [2.45, 2.75) is 32.7 Å². The third kappa shape index (κ3) is 3.12. The van der Waals surface area contributed by atoms with Gasteiger partial charge < -0.3 is 26.2 Å². The highest BCUT2D eigenvalue weighted by Crippen LogP contribution is 2.52. The average Bonchev–Trinajstić information content (AvgIpc) is 2.68. The molecular formula is C24H29N3O5. The zero-order chi connectivity index (χ0) is 23.5. The molecule has 170 valence electrons. The number of ketones is 2. The summed E-state index contributed by atoms with van der Waals surface area (Å²) in [4.78, 5) is 39.9. The number of allylic oxidation sites excluding steroid dienone is 2. The number of nitrogens with zero attached hydrogens (tertiary/aromatic N) is 1. The molecule has 3 aliphatic carbocycles. The highest BCUT2D eigenvalue weighted by molar-refractivity contribution is 6.20. The summed E-state index contributed by atoms with van der Waals surface area (Å²) in [6.07, 6.45) is 1.21. The Hall–Kier alpha value is -3.13. The monoisotopic (exact) mass is 439 g/mol. The lowest BCUT2D eigenvalue weighted by Crippen LogP contribution is -2.41. The maximum atomic E-state index is 13.8. The first-order valence-corrected chi connectivity index (χ1v) is 10.8. The van der Waals surface area contributed by atoms with Crippen molar-refractivity contribution >= 4 is 23.2 Å². The lowest BCUT2D eigenvalue weighted by Gasteiger charge is -2.43. The van der Waals surface area contributed by atoms with Crippen LogP contribution in [0.1, 0.15) is 41.3 Å². The van der Waals surface area contributed by atoms with Crippen LogP contribution >= 0.6 is 0 Å². The molecule has 3 unspecified atom stereocenters. The van der Waals surface area contributed by atoms with E-state index in [0.717, 1.165) is 11.3 Å². The molecule has 3 atom stereocenters. The number of primary amides is 1. The minimum Gasteiger partial charge on any atom is -0.511 e. The Labute approximate surface area is 186 Å². The smallest absolute Gasteiger partial charge is 0.255 e. The van der Waals surface area contributed by atoms with Gasteiger partial charge in [-0.3, -0.25) is 14.4 Å². The van der Waals surface area contributed by atoms with E-state index in [0.29, 0.717) is 41.7 Å². The second-order valence-electron chi connectivity index (χ2n) is 9.23. The third-order valence-electron chi connectivity index (χ3n) is 7.12. The highest BCUT2D eigenvalue weighted by atomic mass is 16.3. The molecule has 1 aromatic rings. The van der Waals surface area contributed by atoms with Gasteiger partial charge in [0.05, 0.1) is 5.56 Å². The Morgan fingerprint density at radius 2 is 1.94 bits per heavy atom. The number of hydrogen-bond acceptors (Lipinski definition) is 7. The summed E-state index contributed by atoms with van der Waals surface area (Å²) in [6, 6.07) is 1.91. The zero-order valence-corrected chi connectivity index (χ0v) is 18.8. The fourth-order valence-corrected chi connectivity index (χ4v) is 5.85. The topological polar surface area (TPSA) is 133 Å². The van der Waals surface area contributed by atoms with Gasteiger partial charge >= 0.3 is 0 Å². The Morgan fingerprint density at radius 3 is 2.53 bits per heavy atom. The van der Waals surface area contributed by atoms with Gasteiger partial charge in [-0.25, -0.2) is 0 Å². The second-order valence-corrected chi connectivity index (χ2v) is 9.23. The fraction of sp³-hybridized carbons (Fsp3) is 0.458. The Bertz CT molecular complexity index is 1120. The molecule has 1 aromatic carbocycles. The molecule has 0 aliphatic heterocycles. The molecule has 0 spiro atoms. The summed E-state index contributed by atoms with van der Waals surface area (Å²) in [5.41, 5.74) is 8.82. The molecule has 0 heterocycles. The average molecular weight is 440 g/mol. The number of carbonyl (C=O) groups is 3. The maximum absolute atomic E-state index is 13.8. The van der Waals surface area contributed by atoms with Crippen LogP contribution in [0.25, 0.3) is 0 Å². The summed E-state index contributed by atoms with van der Waals surface area (Å²) < 4.78 is 0. The van der Waals surface area contributed by atoms with E-state index in [9.17, 15) is 24.6 Å². The van der Waals surface area contributed by atoms with Crippen LogP contribution in [0.5, 0.6) is 5.75 Å². The number of phenolic OH excluding ortho intramolecular Hbond substituents is 1. The predicted octanol–water partition coefficient (Wildman–Crippen LogP) is 1.76. The van der Waals surface area contributed by atoms with Gasteiger partial charge in [0.25, 0.3) is 5.91 Å². The number of aliphatic hydroxyl groups excluding tert-OH is 1. The normalized spacial score (nSPS) is 24.8. The molecule has 0 fully saturated rings. The number of nitrogens with one attached hydrogen (secondary N) is 1. The molecule has 0 saturated carbocycles. The van der Waals surface area contributed by atoms with E-state index in [1.54, 1.807) is 14.0 Å². The van der Waals surface area contributed by atoms with Crippen molar-refractivity contribution in [3.8, 4) is 5.75 Å². The van der Waals surface area contributed by atoms with E-state index in [1.807, 2.05) is 25.1 Å². The number of fused-ring (bicyclic) bond motifs is 3. The quantitative estimate of drug-likeness (QED) is 0.525. The second kappa shape index (κ2) is 7.78. The van der Waals surface area contributed by atoms with Crippen molar-refractivity contribution in [3.05, 3.63) is 45.2 Å². The molecule has 8 heteroatoms. The lowest BCUT2D eigenvalue weighted by molar-refractivity contribution is -0.123. The molecule has 32 heavy (non-hydrogen) atoms. The lowest BCUT2D eigenvalue weighted by atomic mass is 9.61. The molecule has 8 nitrogen and oxygen atoms in total. The van der Waals surface area contributed by atoms with Crippen molar-refractivity contribution in [3.63, 3.8) is 0 Å². The standard InChI is InChI=1S/C24H29N3O5/c1-10-17-11(5-12-8-16(28)20(24(25)32)23(31)18(10)12)6-14-15(27(3)4)7-13(9-26-2)21(29)19(14)22(17)30/h7,11-12,18,26,29,31H,5-6,8-9H2,1-4H3,(H2,25,32). The number of hydrogen-bond donors (Lipinski definition) is 4. The maximum Gasteiger partial charge on any atom is 0.255 e. The first-order chi connectivity index (χ1) is 15.1. The Kier molecular flexibility index (Phi) is 5.36. The van der Waals surface area contributed by atoms with Gasteiger partial charge in [0, 0.05) is 49.8 Å². The third-order valence-corrected chi connectivity index (χ3v) is 7.12. The molecule has 0 saturated heterocycles. The molecule has 0 bridgehead atoms. The number of rotatable bonds is 4. The number of aromatic hydroxyl groups is 1. The van der Waals surface area contributed by atoms with Gasteiger partial charge in [-0.05, 0) is 50.3 Å². The van der Waals surface area contributed by atoms with Gasteiger partial charge in [-0.1, -0.05) is 5.57 Å². The van der Waals surface area contributed by atoms with Gasteiger partial charge in [-0.2, -0.15) is 0 Å². The molecule has 0 radical (unpaired) electrons. The van der Waals surface area contributed by atoms with Crippen LogP contribution in [0, 0.1) is 17.8 Å². The minimum atomic E-state index is -0.948. The molecule has 5 N–H and O–H groups in total. The SMILES string of the molecule is CNCc1cc(N(C)C)c2c(c1O)C(=O)C1=C(C)C3C(O)=C(C(N)=O)C(=O)CC3CC1C2. The van der Waals surface area contributed by atoms with Crippen molar-refractivity contribution in [2.24, 2.45) is 23.5 Å². The van der Waals surface area contributed by atoms with Crippen LogP contribution in [0.4, 0.5) is 5.69 Å². The van der Waals surface area contributed by atoms with Crippen LogP contribution in [0.3, 0.4) is 0 Å². The number of phenols is 1. The van der Waals surface area contributed by atoms with Crippen molar-refractivity contribution in [2.75, 3.05) is 26.0 Å². The van der Waals surface area contributed by atoms with Gasteiger partial charge in [0.1, 0.15) is 17.1 Å². The first-order valence-electron chi connectivity index (χ1n) is 10.8. The van der Waals surface area contributed by atoms with Crippen LogP contribution < -0.4 is 16.0 Å². The van der Waals surface area contributed by atoms with Gasteiger partial charge in [0.15, 0.2) is 11.6 Å². The Balaban J connectivity index is 1.92. The van der Waals surface area contributed by atoms with Crippen LogP contribution in [-0.4, -0.2) is 48.8 Å². The van der Waals surface area contributed by atoms with Crippen molar-refractivity contribution in [1.29, 1.82) is 0 Å². The molecular weight excluding hydrogens is 410 g/mol. The van der Waals surface area contributed by atoms with Crippen LogP contribution in [0.15, 0.2) is 28.5 Å². The highest BCUT2D eigenvalue weighted by Gasteiger charge is 2.48. The predicted molar refractivity (Wildman–Crippen MR) is 119 cm³/mol. The van der Waals surface area contributed by atoms with E-state index in [4.69, 9.17) is 5.73 Å². The molecule has 4 rings (SSSR count). The van der Waals surface area contributed by atoms with E-state index in [-0.39, 0.29) is 41.1 Å². The number of anilines is 1. The number of aliphatic hydroxyl groups is 1. The zero-order valence-electron chi connectivity index (χ0n) is 18.8. The van der Waals surface area contributed by atoms with Gasteiger partial charge in [0.2, 0.25) is 0 Å². The molecule has 3 aliphatic rings. The number of carbonyl (C=O) groups excluding carboxylic acids is 3. The first kappa shape index (κ1) is 22.1. The van der Waals surface area contributed by atoms with E-state index < -0.39 is 17.6 Å². The molecule has 0 aromatic heterocycles. The molecule has 1 amide bonds. The number of benzene rings is 1. The van der Waals surface area contributed by atoms with Crippen molar-refractivity contribution < 1.29 is 24.6 Å². The van der Waals surface area contributed by atoms with Gasteiger partial charge in [-0.15, -0.1) is 0 Å². The largest absolute Gasteiger partial charge is 0.511 e. The summed E-state index contributed by atoms with van der Waals surface area (Å²) in [5.74, 6) is -2.92. The number of Topliss-reactive ketones (excluding diaryl/α,β-unsaturated/α-hetero) is 2. The van der Waals surface area contributed by atoms with E-state index >= 15 is 0 Å². The summed E-state index contributed by atoms with van der Waals surface area (Å²) in [7, 11) is 5.58. The number of amides is 1. The van der Waals surface area contributed by atoms with E-state index in [1.165, 1.54) is 0 Å². The Morgan fingerprint density at radius 1 is 1.25 bits per heavy atom.